The van der Waals surface area contributed by atoms with E-state index in [4.69, 9.17) is 4.98 Å². The zero-order valence-electron chi connectivity index (χ0n) is 19.6. The first-order valence-corrected chi connectivity index (χ1v) is 11.4. The minimum atomic E-state index is -0.394. The van der Waals surface area contributed by atoms with Gasteiger partial charge in [-0.2, -0.15) is 4.98 Å². The normalized spacial score (nSPS) is 13.9. The van der Waals surface area contributed by atoms with Gasteiger partial charge in [-0.15, -0.1) is 5.92 Å². The number of benzene rings is 1. The van der Waals surface area contributed by atoms with Gasteiger partial charge in [-0.05, 0) is 31.5 Å². The second-order valence-corrected chi connectivity index (χ2v) is 8.51. The molecule has 174 valence electrons. The molecule has 1 aliphatic rings. The zero-order valence-corrected chi connectivity index (χ0v) is 19.6. The first-order valence-electron chi connectivity index (χ1n) is 11.4. The van der Waals surface area contributed by atoms with Gasteiger partial charge in [0.25, 0.3) is 5.56 Å². The van der Waals surface area contributed by atoms with Crippen molar-refractivity contribution < 1.29 is 0 Å². The number of aryl methyl sites for hydroxylation is 2. The lowest BCUT2D eigenvalue weighted by molar-refractivity contribution is 0.572. The summed E-state index contributed by atoms with van der Waals surface area (Å²) in [6.45, 7) is 7.38. The number of piperazine rings is 1. The van der Waals surface area contributed by atoms with Gasteiger partial charge < -0.3 is 10.2 Å². The first kappa shape index (κ1) is 21.9. The predicted octanol–water partition coefficient (Wildman–Crippen LogP) is 1.23. The molecule has 34 heavy (non-hydrogen) atoms. The molecule has 4 aromatic rings. The summed E-state index contributed by atoms with van der Waals surface area (Å²) >= 11 is 0. The number of imidazole rings is 1. The number of rotatable bonds is 4. The molecule has 0 spiro atoms. The fourth-order valence-corrected chi connectivity index (χ4v) is 4.61. The van der Waals surface area contributed by atoms with E-state index in [1.54, 1.807) is 14.0 Å². The second kappa shape index (κ2) is 8.80. The van der Waals surface area contributed by atoms with Crippen LogP contribution in [0.15, 0.2) is 39.9 Å². The number of anilines is 1. The number of pyridine rings is 1. The van der Waals surface area contributed by atoms with Crippen molar-refractivity contribution >= 4 is 28.0 Å². The molecule has 0 atom stereocenters. The number of nitrogens with one attached hydrogen (secondary N) is 1. The number of aromatic nitrogens is 5. The van der Waals surface area contributed by atoms with Gasteiger partial charge in [0.1, 0.15) is 0 Å². The largest absolute Gasteiger partial charge is 0.340 e. The van der Waals surface area contributed by atoms with Gasteiger partial charge in [-0.1, -0.05) is 24.1 Å². The van der Waals surface area contributed by atoms with Crippen molar-refractivity contribution in [2.75, 3.05) is 31.1 Å². The summed E-state index contributed by atoms with van der Waals surface area (Å²) in [5.74, 6) is 6.66. The third kappa shape index (κ3) is 3.66. The average molecular weight is 458 g/mol. The van der Waals surface area contributed by atoms with E-state index >= 15 is 0 Å². The Kier molecular flexibility index (Phi) is 5.67. The predicted molar refractivity (Wildman–Crippen MR) is 133 cm³/mol. The quantitative estimate of drug-likeness (QED) is 0.464. The molecule has 1 N–H and O–H groups in total. The molecule has 9 heteroatoms. The molecular formula is C25H27N7O2. The molecule has 0 saturated carbocycles. The van der Waals surface area contributed by atoms with Gasteiger partial charge in [-0.3, -0.25) is 23.5 Å². The Bertz CT molecular complexity index is 1580. The van der Waals surface area contributed by atoms with Gasteiger partial charge in [-0.25, -0.2) is 4.79 Å². The SMILES string of the molecule is CC#CCn1c(N2CCNCC2)nc2c1c(=O)n(Cc1cc(C)nc3ccccc13)c(=O)n2C. The van der Waals surface area contributed by atoms with Crippen molar-refractivity contribution in [3.05, 3.63) is 62.4 Å². The van der Waals surface area contributed by atoms with E-state index in [1.807, 2.05) is 41.8 Å². The van der Waals surface area contributed by atoms with Gasteiger partial charge in [0.05, 0.1) is 18.6 Å². The molecule has 0 radical (unpaired) electrons. The van der Waals surface area contributed by atoms with Crippen LogP contribution in [-0.2, 0) is 20.1 Å². The van der Waals surface area contributed by atoms with Crippen LogP contribution in [0.1, 0.15) is 18.2 Å². The summed E-state index contributed by atoms with van der Waals surface area (Å²) in [6, 6.07) is 9.71. The highest BCUT2D eigenvalue weighted by molar-refractivity contribution is 5.82. The highest BCUT2D eigenvalue weighted by Crippen LogP contribution is 2.21. The minimum absolute atomic E-state index is 0.152. The van der Waals surface area contributed by atoms with Crippen molar-refractivity contribution in [2.45, 2.75) is 26.9 Å². The van der Waals surface area contributed by atoms with Gasteiger partial charge in [0, 0.05) is 44.3 Å². The van der Waals surface area contributed by atoms with Crippen LogP contribution in [0, 0.1) is 18.8 Å². The maximum Gasteiger partial charge on any atom is 0.332 e. The number of hydrogen-bond acceptors (Lipinski definition) is 6. The van der Waals surface area contributed by atoms with Crippen LogP contribution in [0.3, 0.4) is 0 Å². The fourth-order valence-electron chi connectivity index (χ4n) is 4.61. The third-order valence-electron chi connectivity index (χ3n) is 6.28. The zero-order chi connectivity index (χ0) is 23.8. The molecule has 0 unspecified atom stereocenters. The van der Waals surface area contributed by atoms with Crippen LogP contribution >= 0.6 is 0 Å². The lowest BCUT2D eigenvalue weighted by atomic mass is 10.1. The Balaban J connectivity index is 1.73. The topological polar surface area (TPSA) is 90.0 Å². The summed E-state index contributed by atoms with van der Waals surface area (Å²) in [5.41, 5.74) is 2.58. The summed E-state index contributed by atoms with van der Waals surface area (Å²) < 4.78 is 4.61. The van der Waals surface area contributed by atoms with Crippen LogP contribution in [0.2, 0.25) is 0 Å². The highest BCUT2D eigenvalue weighted by atomic mass is 16.2. The summed E-state index contributed by atoms with van der Waals surface area (Å²) in [4.78, 5) is 38.6. The number of para-hydroxylation sites is 1. The molecule has 4 heterocycles. The van der Waals surface area contributed by atoms with E-state index in [0.717, 1.165) is 48.3 Å². The van der Waals surface area contributed by atoms with Crippen LogP contribution in [0.25, 0.3) is 22.1 Å². The van der Waals surface area contributed by atoms with Crippen molar-refractivity contribution in [1.82, 2.24) is 29.0 Å². The van der Waals surface area contributed by atoms with Crippen LogP contribution in [-0.4, -0.2) is 49.8 Å². The Morgan fingerprint density at radius 3 is 2.62 bits per heavy atom. The van der Waals surface area contributed by atoms with E-state index in [9.17, 15) is 9.59 Å². The lowest BCUT2D eigenvalue weighted by Crippen LogP contribution is -2.44. The van der Waals surface area contributed by atoms with Crippen molar-refractivity contribution in [2.24, 2.45) is 7.05 Å². The smallest absolute Gasteiger partial charge is 0.332 e. The molecule has 1 aliphatic heterocycles. The minimum Gasteiger partial charge on any atom is -0.340 e. The monoisotopic (exact) mass is 457 g/mol. The van der Waals surface area contributed by atoms with Crippen molar-refractivity contribution in [3.63, 3.8) is 0 Å². The van der Waals surface area contributed by atoms with E-state index < -0.39 is 5.69 Å². The molecule has 1 fully saturated rings. The maximum absolute atomic E-state index is 13.8. The molecule has 1 saturated heterocycles. The van der Waals surface area contributed by atoms with Crippen molar-refractivity contribution in [3.8, 4) is 11.8 Å². The van der Waals surface area contributed by atoms with Crippen LogP contribution in [0.4, 0.5) is 5.95 Å². The van der Waals surface area contributed by atoms with Gasteiger partial charge in [0.2, 0.25) is 5.95 Å². The van der Waals surface area contributed by atoms with Crippen molar-refractivity contribution in [1.29, 1.82) is 0 Å². The average Bonchev–Trinajstić information content (AvgIpc) is 3.24. The number of hydrogen-bond donors (Lipinski definition) is 1. The lowest BCUT2D eigenvalue weighted by Gasteiger charge is -2.28. The number of nitrogens with zero attached hydrogens (tertiary/aromatic N) is 6. The summed E-state index contributed by atoms with van der Waals surface area (Å²) in [6.07, 6.45) is 0. The van der Waals surface area contributed by atoms with E-state index in [2.05, 4.69) is 27.0 Å². The molecule has 0 amide bonds. The Hall–Kier alpha value is -3.90. The standard InChI is InChI=1S/C25H27N7O2/c1-4-5-12-31-21-22(28-24(31)30-13-10-26-11-14-30)29(3)25(34)32(23(21)33)16-18-15-17(2)27-20-9-7-6-8-19(18)20/h6-9,15,26H,10-14,16H2,1-3H3. The summed E-state index contributed by atoms with van der Waals surface area (Å²) in [5, 5.41) is 4.26. The second-order valence-electron chi connectivity index (χ2n) is 8.51. The molecule has 0 aliphatic carbocycles. The van der Waals surface area contributed by atoms with E-state index in [0.29, 0.717) is 23.7 Å². The Morgan fingerprint density at radius 1 is 1.09 bits per heavy atom. The van der Waals surface area contributed by atoms with Gasteiger partial charge in [0.15, 0.2) is 11.2 Å². The fraction of sp³-hybridized carbons (Fsp3) is 0.360. The first-order chi connectivity index (χ1) is 16.5. The third-order valence-corrected chi connectivity index (χ3v) is 6.28. The molecule has 5 rings (SSSR count). The summed E-state index contributed by atoms with van der Waals surface area (Å²) in [7, 11) is 1.67. The molecular weight excluding hydrogens is 430 g/mol. The van der Waals surface area contributed by atoms with E-state index in [-0.39, 0.29) is 12.1 Å². The van der Waals surface area contributed by atoms with Crippen LogP contribution < -0.4 is 21.5 Å². The maximum atomic E-state index is 13.8. The molecule has 9 nitrogen and oxygen atoms in total. The Labute approximate surface area is 196 Å². The molecule has 0 bridgehead atoms. The molecule has 3 aromatic heterocycles. The van der Waals surface area contributed by atoms with E-state index in [1.165, 1.54) is 9.13 Å². The van der Waals surface area contributed by atoms with Crippen LogP contribution in [0.5, 0.6) is 0 Å². The highest BCUT2D eigenvalue weighted by Gasteiger charge is 2.24. The number of fused-ring (bicyclic) bond motifs is 2. The Morgan fingerprint density at radius 2 is 1.85 bits per heavy atom. The molecule has 1 aromatic carbocycles. The van der Waals surface area contributed by atoms with Gasteiger partial charge >= 0.3 is 5.69 Å².